The van der Waals surface area contributed by atoms with E-state index >= 15 is 0 Å². The molecule has 0 unspecified atom stereocenters. The third-order valence-corrected chi connectivity index (χ3v) is 4.49. The van der Waals surface area contributed by atoms with E-state index in [1.165, 1.54) is 6.07 Å². The molecule has 9 heteroatoms. The molecule has 3 aromatic rings. The van der Waals surface area contributed by atoms with Gasteiger partial charge in [0.15, 0.2) is 17.5 Å². The summed E-state index contributed by atoms with van der Waals surface area (Å²) in [5.74, 6) is -6.61. The second-order valence-corrected chi connectivity index (χ2v) is 6.68. The molecule has 0 saturated carbocycles. The second kappa shape index (κ2) is 10.4. The molecule has 0 aromatic heterocycles. The Morgan fingerprint density at radius 2 is 1.42 bits per heavy atom. The monoisotopic (exact) mass is 462 g/mol. The number of hydrogen-bond donors (Lipinski definition) is 0. The molecule has 31 heavy (non-hydrogen) atoms. The number of rotatable bonds is 4. The maximum absolute atomic E-state index is 13.7. The van der Waals surface area contributed by atoms with Crippen LogP contribution in [-0.2, 0) is 6.42 Å². The zero-order valence-electron chi connectivity index (χ0n) is 15.9. The highest BCUT2D eigenvalue weighted by Gasteiger charge is 2.15. The van der Waals surface area contributed by atoms with Crippen molar-refractivity contribution in [1.29, 1.82) is 0 Å². The van der Waals surface area contributed by atoms with Gasteiger partial charge in [-0.2, -0.15) is 4.39 Å². The molecule has 0 saturated heterocycles. The molecule has 0 radical (unpaired) electrons. The topological polar surface area (TPSA) is 17.1 Å². The molecule has 0 fully saturated rings. The smallest absolute Gasteiger partial charge is 0.255 e. The van der Waals surface area contributed by atoms with Gasteiger partial charge in [-0.05, 0) is 47.9 Å². The third kappa shape index (κ3) is 5.85. The van der Waals surface area contributed by atoms with Gasteiger partial charge in [0.2, 0.25) is 0 Å². The first-order valence-corrected chi connectivity index (χ1v) is 9.21. The molecular formula is C22H14ClF7O. The van der Waals surface area contributed by atoms with Crippen molar-refractivity contribution in [3.63, 3.8) is 0 Å². The van der Waals surface area contributed by atoms with Gasteiger partial charge in [0.05, 0.1) is 5.56 Å². The van der Waals surface area contributed by atoms with E-state index in [2.05, 4.69) is 0 Å². The van der Waals surface area contributed by atoms with Crippen molar-refractivity contribution in [3.8, 4) is 11.1 Å². The average Bonchev–Trinajstić information content (AvgIpc) is 2.72. The normalized spacial score (nSPS) is 10.5. The molecule has 0 aliphatic heterocycles. The summed E-state index contributed by atoms with van der Waals surface area (Å²) in [5.41, 5.74) is -0.512. The maximum Gasteiger partial charge on any atom is 0.332 e. The van der Waals surface area contributed by atoms with Crippen LogP contribution in [0.4, 0.5) is 30.7 Å². The molecule has 3 aromatic carbocycles. The number of carbonyl (C=O) groups excluding carboxylic acids is 1. The van der Waals surface area contributed by atoms with Gasteiger partial charge in [0.25, 0.3) is 0 Å². The van der Waals surface area contributed by atoms with E-state index in [-0.39, 0.29) is 16.7 Å². The molecule has 164 valence electrons. The number of hydrogen-bond acceptors (Lipinski definition) is 1. The summed E-state index contributed by atoms with van der Waals surface area (Å²) < 4.78 is 90.3. The Balaban J connectivity index is 0.000000245. The largest absolute Gasteiger partial charge is 0.332 e. The third-order valence-electron chi connectivity index (χ3n) is 4.13. The van der Waals surface area contributed by atoms with Gasteiger partial charge in [-0.25, -0.2) is 26.3 Å². The van der Waals surface area contributed by atoms with Gasteiger partial charge in [0.1, 0.15) is 22.5 Å². The van der Waals surface area contributed by atoms with Crippen LogP contribution in [-0.4, -0.2) is 6.04 Å². The Hall–Kier alpha value is -2.87. The minimum atomic E-state index is -1.79. The quantitative estimate of drug-likeness (QED) is 0.222. The zero-order chi connectivity index (χ0) is 23.3. The van der Waals surface area contributed by atoms with Crippen LogP contribution < -0.4 is 0 Å². The summed E-state index contributed by atoms with van der Waals surface area (Å²) in [5, 5.41) is -0.695. The molecule has 0 aliphatic carbocycles. The van der Waals surface area contributed by atoms with Gasteiger partial charge >= 0.3 is 6.04 Å². The number of halogens is 8. The van der Waals surface area contributed by atoms with Crippen LogP contribution >= 0.6 is 11.6 Å². The lowest BCUT2D eigenvalue weighted by Crippen LogP contribution is -1.96. The SMILES string of the molecule is CCCc1ccc(F)c(F)c1F.O=C(F)c1ccc(-c2cc(F)c(Cl)c(F)c2)c(F)c1. The Morgan fingerprint density at radius 3 is 1.94 bits per heavy atom. The van der Waals surface area contributed by atoms with Crippen molar-refractivity contribution in [3.05, 3.63) is 93.5 Å². The first kappa shape index (κ1) is 24.4. The van der Waals surface area contributed by atoms with Crippen molar-refractivity contribution < 1.29 is 35.5 Å². The van der Waals surface area contributed by atoms with E-state index in [0.29, 0.717) is 18.9 Å². The van der Waals surface area contributed by atoms with Crippen molar-refractivity contribution in [2.24, 2.45) is 0 Å². The van der Waals surface area contributed by atoms with Crippen LogP contribution in [0.25, 0.3) is 11.1 Å². The summed E-state index contributed by atoms with van der Waals surface area (Å²) >= 11 is 5.31. The van der Waals surface area contributed by atoms with E-state index < -0.39 is 51.5 Å². The van der Waals surface area contributed by atoms with Crippen LogP contribution in [0, 0.1) is 34.9 Å². The summed E-state index contributed by atoms with van der Waals surface area (Å²) in [6.45, 7) is 1.85. The summed E-state index contributed by atoms with van der Waals surface area (Å²) in [6.07, 6.45) is 1.14. The number of carbonyl (C=O) groups is 1. The molecule has 0 bridgehead atoms. The lowest BCUT2D eigenvalue weighted by atomic mass is 10.0. The van der Waals surface area contributed by atoms with Crippen LogP contribution in [0.1, 0.15) is 29.3 Å². The number of aryl methyl sites for hydroxylation is 1. The zero-order valence-corrected chi connectivity index (χ0v) is 16.6. The van der Waals surface area contributed by atoms with Gasteiger partial charge in [-0.15, -0.1) is 0 Å². The summed E-state index contributed by atoms with van der Waals surface area (Å²) in [4.78, 5) is 10.4. The molecule has 0 N–H and O–H groups in total. The van der Waals surface area contributed by atoms with Crippen molar-refractivity contribution >= 4 is 17.6 Å². The van der Waals surface area contributed by atoms with E-state index in [1.54, 1.807) is 0 Å². The predicted octanol–water partition coefficient (Wildman–Crippen LogP) is 7.59. The average molecular weight is 463 g/mol. The fourth-order valence-corrected chi connectivity index (χ4v) is 2.72. The van der Waals surface area contributed by atoms with Crippen LogP contribution in [0.2, 0.25) is 5.02 Å². The molecule has 0 spiro atoms. The highest BCUT2D eigenvalue weighted by Crippen LogP contribution is 2.29. The van der Waals surface area contributed by atoms with E-state index in [1.807, 2.05) is 6.92 Å². The molecule has 0 amide bonds. The van der Waals surface area contributed by atoms with Gasteiger partial charge in [0, 0.05) is 5.56 Å². The van der Waals surface area contributed by atoms with Gasteiger partial charge in [-0.1, -0.05) is 37.1 Å². The van der Waals surface area contributed by atoms with Crippen LogP contribution in [0.5, 0.6) is 0 Å². The lowest BCUT2D eigenvalue weighted by molar-refractivity contribution is 0.0835. The van der Waals surface area contributed by atoms with Crippen LogP contribution in [0.3, 0.4) is 0 Å². The lowest BCUT2D eigenvalue weighted by Gasteiger charge is -2.06. The molecule has 0 atom stereocenters. The second-order valence-electron chi connectivity index (χ2n) is 6.31. The standard InChI is InChI=1S/C13H5ClF4O.C9H9F3/c14-12-10(16)4-7(5-11(12)17)8-2-1-6(13(18)19)3-9(8)15;1-2-3-6-4-5-7(10)9(12)8(6)11/h1-5H;4-5H,2-3H2,1H3. The highest BCUT2D eigenvalue weighted by molar-refractivity contribution is 6.31. The van der Waals surface area contributed by atoms with Crippen molar-refractivity contribution in [1.82, 2.24) is 0 Å². The predicted molar refractivity (Wildman–Crippen MR) is 103 cm³/mol. The molecule has 1 nitrogen and oxygen atoms in total. The molecule has 0 aliphatic rings. The minimum absolute atomic E-state index is 0.102. The first-order chi connectivity index (χ1) is 14.6. The van der Waals surface area contributed by atoms with Gasteiger partial charge in [-0.3, -0.25) is 4.79 Å². The number of benzene rings is 3. The fourth-order valence-electron chi connectivity index (χ4n) is 2.61. The minimum Gasteiger partial charge on any atom is -0.255 e. The fraction of sp³-hybridized carbons (Fsp3) is 0.136. The van der Waals surface area contributed by atoms with E-state index in [4.69, 9.17) is 11.6 Å². The first-order valence-electron chi connectivity index (χ1n) is 8.83. The summed E-state index contributed by atoms with van der Waals surface area (Å²) in [7, 11) is 0. The van der Waals surface area contributed by atoms with Crippen LogP contribution in [0.15, 0.2) is 42.5 Å². The Labute approximate surface area is 178 Å². The summed E-state index contributed by atoms with van der Waals surface area (Å²) in [6, 6.07) is 4.86. The Morgan fingerprint density at radius 1 is 0.806 bits per heavy atom. The molecule has 0 heterocycles. The maximum atomic E-state index is 13.7. The van der Waals surface area contributed by atoms with E-state index in [0.717, 1.165) is 30.3 Å². The van der Waals surface area contributed by atoms with Gasteiger partial charge < -0.3 is 0 Å². The van der Waals surface area contributed by atoms with Crippen molar-refractivity contribution in [2.45, 2.75) is 19.8 Å². The Bertz CT molecular complexity index is 1090. The molecule has 3 rings (SSSR count). The molecular weight excluding hydrogens is 449 g/mol. The van der Waals surface area contributed by atoms with E-state index in [9.17, 15) is 35.5 Å². The highest BCUT2D eigenvalue weighted by atomic mass is 35.5. The Kier molecular flexibility index (Phi) is 8.21. The van der Waals surface area contributed by atoms with Crippen molar-refractivity contribution in [2.75, 3.05) is 0 Å².